The molecule has 0 spiro atoms. The Morgan fingerprint density at radius 2 is 1.70 bits per heavy atom. The molecule has 27 heavy (non-hydrogen) atoms. The van der Waals surface area contributed by atoms with Gasteiger partial charge in [-0.1, -0.05) is 12.1 Å². The van der Waals surface area contributed by atoms with Gasteiger partial charge in [0.05, 0.1) is 0 Å². The standard InChI is InChI=1S/C22H31N5/c1-23-20-7-5-18(6-8-20)17-26-15-10-19(11-16-26)21-9-12-24-22(25-21)27-13-3-2-4-14-27/h5-9,12,19,23H,2-4,10-11,13-17H2,1H3. The van der Waals surface area contributed by atoms with Crippen molar-refractivity contribution in [3.05, 3.63) is 47.8 Å². The molecular formula is C22H31N5. The van der Waals surface area contributed by atoms with Gasteiger partial charge >= 0.3 is 0 Å². The normalized spacial score (nSPS) is 19.2. The van der Waals surface area contributed by atoms with E-state index in [4.69, 9.17) is 4.98 Å². The van der Waals surface area contributed by atoms with Crippen molar-refractivity contribution in [2.24, 2.45) is 0 Å². The van der Waals surface area contributed by atoms with Gasteiger partial charge in [-0.2, -0.15) is 0 Å². The highest BCUT2D eigenvalue weighted by Gasteiger charge is 2.23. The van der Waals surface area contributed by atoms with Crippen LogP contribution in [0.15, 0.2) is 36.5 Å². The van der Waals surface area contributed by atoms with E-state index in [1.54, 1.807) is 0 Å². The molecule has 1 aromatic heterocycles. The van der Waals surface area contributed by atoms with E-state index < -0.39 is 0 Å². The molecule has 0 radical (unpaired) electrons. The first-order valence-corrected chi connectivity index (χ1v) is 10.4. The Kier molecular flexibility index (Phi) is 5.87. The Labute approximate surface area is 162 Å². The lowest BCUT2D eigenvalue weighted by molar-refractivity contribution is 0.203. The monoisotopic (exact) mass is 365 g/mol. The summed E-state index contributed by atoms with van der Waals surface area (Å²) in [6, 6.07) is 10.9. The summed E-state index contributed by atoms with van der Waals surface area (Å²) >= 11 is 0. The van der Waals surface area contributed by atoms with E-state index in [1.807, 2.05) is 13.2 Å². The molecule has 2 aromatic rings. The number of hydrogen-bond donors (Lipinski definition) is 1. The van der Waals surface area contributed by atoms with Crippen LogP contribution in [0.3, 0.4) is 0 Å². The first kappa shape index (κ1) is 18.2. The molecule has 0 atom stereocenters. The van der Waals surface area contributed by atoms with Gasteiger partial charge in [0, 0.05) is 50.2 Å². The number of nitrogens with one attached hydrogen (secondary N) is 1. The van der Waals surface area contributed by atoms with Crippen molar-refractivity contribution in [3.63, 3.8) is 0 Å². The van der Waals surface area contributed by atoms with Crippen molar-refractivity contribution in [2.75, 3.05) is 43.4 Å². The number of rotatable bonds is 5. The summed E-state index contributed by atoms with van der Waals surface area (Å²) in [6.45, 7) is 5.53. The van der Waals surface area contributed by atoms with Crippen molar-refractivity contribution in [1.82, 2.24) is 14.9 Å². The van der Waals surface area contributed by atoms with Crippen LogP contribution < -0.4 is 10.2 Å². The van der Waals surface area contributed by atoms with Crippen LogP contribution in [0, 0.1) is 0 Å². The molecule has 0 aliphatic carbocycles. The number of likely N-dealkylation sites (tertiary alicyclic amines) is 1. The minimum Gasteiger partial charge on any atom is -0.388 e. The maximum atomic E-state index is 4.94. The summed E-state index contributed by atoms with van der Waals surface area (Å²) in [7, 11) is 1.96. The largest absolute Gasteiger partial charge is 0.388 e. The first-order chi connectivity index (χ1) is 13.3. The van der Waals surface area contributed by atoms with E-state index in [1.165, 1.54) is 49.0 Å². The van der Waals surface area contributed by atoms with Crippen LogP contribution in [-0.4, -0.2) is 48.1 Å². The number of benzene rings is 1. The molecule has 144 valence electrons. The zero-order chi connectivity index (χ0) is 18.5. The summed E-state index contributed by atoms with van der Waals surface area (Å²) in [6.07, 6.45) is 8.20. The lowest BCUT2D eigenvalue weighted by Crippen LogP contribution is -2.33. The van der Waals surface area contributed by atoms with Crippen LogP contribution in [0.4, 0.5) is 11.6 Å². The Hall–Kier alpha value is -2.14. The average Bonchev–Trinajstić information content (AvgIpc) is 2.75. The van der Waals surface area contributed by atoms with Gasteiger partial charge in [0.15, 0.2) is 0 Å². The van der Waals surface area contributed by atoms with Crippen LogP contribution in [0.1, 0.15) is 49.3 Å². The van der Waals surface area contributed by atoms with E-state index in [0.29, 0.717) is 5.92 Å². The molecule has 4 rings (SSSR count). The molecule has 2 saturated heterocycles. The number of anilines is 2. The highest BCUT2D eigenvalue weighted by Crippen LogP contribution is 2.28. The number of hydrogen-bond acceptors (Lipinski definition) is 5. The highest BCUT2D eigenvalue weighted by atomic mass is 15.2. The minimum atomic E-state index is 0.569. The van der Waals surface area contributed by atoms with Crippen molar-refractivity contribution < 1.29 is 0 Å². The quantitative estimate of drug-likeness (QED) is 0.871. The third-order valence-corrected chi connectivity index (χ3v) is 5.96. The molecule has 1 N–H and O–H groups in total. The van der Waals surface area contributed by atoms with E-state index in [0.717, 1.165) is 38.7 Å². The molecule has 0 saturated carbocycles. The van der Waals surface area contributed by atoms with Crippen LogP contribution in [0.25, 0.3) is 0 Å². The molecule has 5 heteroatoms. The van der Waals surface area contributed by atoms with Crippen molar-refractivity contribution in [3.8, 4) is 0 Å². The topological polar surface area (TPSA) is 44.3 Å². The number of aromatic nitrogens is 2. The molecular weight excluding hydrogens is 334 g/mol. The van der Waals surface area contributed by atoms with E-state index in [2.05, 4.69) is 50.4 Å². The molecule has 5 nitrogen and oxygen atoms in total. The van der Waals surface area contributed by atoms with Gasteiger partial charge in [-0.3, -0.25) is 4.90 Å². The van der Waals surface area contributed by atoms with E-state index >= 15 is 0 Å². The second-order valence-electron chi connectivity index (χ2n) is 7.83. The lowest BCUT2D eigenvalue weighted by Gasteiger charge is -2.32. The van der Waals surface area contributed by atoms with Gasteiger partial charge in [0.2, 0.25) is 5.95 Å². The first-order valence-electron chi connectivity index (χ1n) is 10.4. The van der Waals surface area contributed by atoms with Gasteiger partial charge in [-0.25, -0.2) is 9.97 Å². The average molecular weight is 366 g/mol. The Bertz CT molecular complexity index is 716. The Morgan fingerprint density at radius 1 is 0.963 bits per heavy atom. The summed E-state index contributed by atoms with van der Waals surface area (Å²) in [5, 5.41) is 3.18. The summed E-state index contributed by atoms with van der Waals surface area (Å²) in [5.74, 6) is 1.51. The Morgan fingerprint density at radius 3 is 2.41 bits per heavy atom. The fraction of sp³-hybridized carbons (Fsp3) is 0.545. The van der Waals surface area contributed by atoms with Crippen LogP contribution in [0.5, 0.6) is 0 Å². The fourth-order valence-electron chi connectivity index (χ4n) is 4.26. The predicted molar refractivity (Wildman–Crippen MR) is 111 cm³/mol. The van der Waals surface area contributed by atoms with E-state index in [9.17, 15) is 0 Å². The molecule has 2 aliphatic heterocycles. The maximum Gasteiger partial charge on any atom is 0.225 e. The van der Waals surface area contributed by atoms with Crippen molar-refractivity contribution in [1.29, 1.82) is 0 Å². The van der Waals surface area contributed by atoms with Gasteiger partial charge < -0.3 is 10.2 Å². The minimum absolute atomic E-state index is 0.569. The fourth-order valence-corrected chi connectivity index (χ4v) is 4.26. The van der Waals surface area contributed by atoms with Crippen molar-refractivity contribution >= 4 is 11.6 Å². The van der Waals surface area contributed by atoms with Crippen LogP contribution >= 0.6 is 0 Å². The lowest BCUT2D eigenvalue weighted by atomic mass is 9.93. The molecule has 0 bridgehead atoms. The molecule has 2 aliphatic rings. The third kappa shape index (κ3) is 4.59. The smallest absolute Gasteiger partial charge is 0.225 e. The van der Waals surface area contributed by atoms with Gasteiger partial charge in [-0.15, -0.1) is 0 Å². The van der Waals surface area contributed by atoms with Gasteiger partial charge in [-0.05, 0) is 69.0 Å². The summed E-state index contributed by atoms with van der Waals surface area (Å²) in [4.78, 5) is 14.4. The van der Waals surface area contributed by atoms with Gasteiger partial charge in [0.1, 0.15) is 0 Å². The number of piperidine rings is 2. The zero-order valence-electron chi connectivity index (χ0n) is 16.4. The molecule has 1 aromatic carbocycles. The number of nitrogens with zero attached hydrogens (tertiary/aromatic N) is 4. The summed E-state index contributed by atoms with van der Waals surface area (Å²) in [5.41, 5.74) is 3.80. The molecule has 2 fully saturated rings. The second kappa shape index (κ2) is 8.70. The molecule has 3 heterocycles. The highest BCUT2D eigenvalue weighted by molar-refractivity contribution is 5.43. The van der Waals surface area contributed by atoms with Crippen LogP contribution in [0.2, 0.25) is 0 Å². The molecule has 0 amide bonds. The third-order valence-electron chi connectivity index (χ3n) is 5.96. The zero-order valence-corrected chi connectivity index (χ0v) is 16.4. The van der Waals surface area contributed by atoms with Crippen molar-refractivity contribution in [2.45, 2.75) is 44.6 Å². The van der Waals surface area contributed by atoms with Crippen LogP contribution in [-0.2, 0) is 6.54 Å². The van der Waals surface area contributed by atoms with Gasteiger partial charge in [0.25, 0.3) is 0 Å². The van der Waals surface area contributed by atoms with E-state index in [-0.39, 0.29) is 0 Å². The maximum absolute atomic E-state index is 4.94. The SMILES string of the molecule is CNc1ccc(CN2CCC(c3ccnc(N4CCCCC4)n3)CC2)cc1. The summed E-state index contributed by atoms with van der Waals surface area (Å²) < 4.78 is 0. The predicted octanol–water partition coefficient (Wildman–Crippen LogP) is 3.89. The second-order valence-corrected chi connectivity index (χ2v) is 7.83. The Balaban J connectivity index is 1.33. The molecule has 0 unspecified atom stereocenters.